The molecule has 1 unspecified atom stereocenters. The van der Waals surface area contributed by atoms with Crippen molar-refractivity contribution < 1.29 is 14.4 Å². The molecule has 3 saturated carbocycles. The summed E-state index contributed by atoms with van der Waals surface area (Å²) in [5.41, 5.74) is -0.793. The molecule has 5 rings (SSSR count). The zero-order valence-corrected chi connectivity index (χ0v) is 23.0. The molecule has 0 aromatic rings. The summed E-state index contributed by atoms with van der Waals surface area (Å²) in [5.74, 6) is -0.0844. The van der Waals surface area contributed by atoms with Gasteiger partial charge < -0.3 is 0 Å². The second-order valence-corrected chi connectivity index (χ2v) is 14.6. The third kappa shape index (κ3) is 2.94. The monoisotopic (exact) mass is 488 g/mol. The average Bonchev–Trinajstić information content (AvgIpc) is 2.79. The van der Waals surface area contributed by atoms with Crippen LogP contribution in [-0.2, 0) is 14.4 Å². The van der Waals surface area contributed by atoms with Crippen molar-refractivity contribution in [3.05, 3.63) is 23.3 Å². The predicted molar refractivity (Wildman–Crippen MR) is 137 cm³/mol. The van der Waals surface area contributed by atoms with Crippen molar-refractivity contribution in [2.75, 3.05) is 0 Å². The smallest absolute Gasteiger partial charge is 0.235 e. The standard InChI is InChI=1S/C31H40N2O3/c1-26(2)10-12-31(33-18-34)13-11-30(7)24(20(31)16-26)21(35)14-23-28(5)15-19(17-32)25(36)27(3,4)22(28)8-9-29(23,30)6/h14-15,20,22,24H,8-13,16H2,1-7H3/t20?,22-,24+,28-,29+,30+,31-/m0/s1. The Morgan fingerprint density at radius 2 is 1.64 bits per heavy atom. The number of carbonyl (C=O) groups is 2. The van der Waals surface area contributed by atoms with Crippen LogP contribution in [-0.4, -0.2) is 23.2 Å². The highest BCUT2D eigenvalue weighted by molar-refractivity contribution is 6.04. The Bertz CT molecular complexity index is 1210. The minimum absolute atomic E-state index is 0.0173. The molecular formula is C31H40N2O3. The van der Waals surface area contributed by atoms with Gasteiger partial charge in [-0.2, -0.15) is 10.3 Å². The number of hydrogen-bond acceptors (Lipinski definition) is 5. The zero-order chi connectivity index (χ0) is 26.5. The van der Waals surface area contributed by atoms with E-state index in [1.807, 2.05) is 32.1 Å². The van der Waals surface area contributed by atoms with Gasteiger partial charge in [-0.25, -0.2) is 4.79 Å². The lowest BCUT2D eigenvalue weighted by atomic mass is 9.35. The molecule has 0 radical (unpaired) electrons. The lowest BCUT2D eigenvalue weighted by molar-refractivity contribution is -0.158. The molecule has 5 heteroatoms. The molecule has 5 nitrogen and oxygen atoms in total. The Kier molecular flexibility index (Phi) is 5.20. The largest absolute Gasteiger partial charge is 0.295 e. The van der Waals surface area contributed by atoms with E-state index in [-0.39, 0.29) is 51.1 Å². The highest BCUT2D eigenvalue weighted by Crippen LogP contribution is 2.73. The third-order valence-corrected chi connectivity index (χ3v) is 12.1. The van der Waals surface area contributed by atoms with Crippen LogP contribution in [0.25, 0.3) is 0 Å². The average molecular weight is 489 g/mol. The molecule has 0 aliphatic heterocycles. The summed E-state index contributed by atoms with van der Waals surface area (Å²) >= 11 is 0. The molecule has 0 amide bonds. The van der Waals surface area contributed by atoms with E-state index in [1.165, 1.54) is 0 Å². The van der Waals surface area contributed by atoms with Gasteiger partial charge in [0.05, 0.1) is 11.1 Å². The van der Waals surface area contributed by atoms with E-state index < -0.39 is 16.4 Å². The summed E-state index contributed by atoms with van der Waals surface area (Å²) in [6, 6.07) is 2.17. The number of nitriles is 1. The molecule has 5 aliphatic carbocycles. The molecule has 36 heavy (non-hydrogen) atoms. The zero-order valence-electron chi connectivity index (χ0n) is 23.0. The molecule has 0 heterocycles. The fourth-order valence-electron chi connectivity index (χ4n) is 9.89. The number of isocyanates is 1. The topological polar surface area (TPSA) is 87.4 Å². The van der Waals surface area contributed by atoms with Crippen molar-refractivity contribution in [3.8, 4) is 6.07 Å². The number of aliphatic imine (C=N–C) groups is 1. The van der Waals surface area contributed by atoms with E-state index in [2.05, 4.69) is 45.7 Å². The molecular weight excluding hydrogens is 448 g/mol. The molecule has 0 bridgehead atoms. The molecule has 0 N–H and O–H groups in total. The van der Waals surface area contributed by atoms with Crippen molar-refractivity contribution in [3.63, 3.8) is 0 Å². The first-order valence-electron chi connectivity index (χ1n) is 13.7. The number of allylic oxidation sites excluding steroid dienone is 4. The number of rotatable bonds is 1. The quantitative estimate of drug-likeness (QED) is 0.320. The van der Waals surface area contributed by atoms with E-state index >= 15 is 0 Å². The van der Waals surface area contributed by atoms with Gasteiger partial charge in [-0.15, -0.1) is 0 Å². The van der Waals surface area contributed by atoms with Crippen LogP contribution in [0.2, 0.25) is 0 Å². The molecule has 192 valence electrons. The molecule has 7 atom stereocenters. The van der Waals surface area contributed by atoms with Gasteiger partial charge in [-0.3, -0.25) is 9.59 Å². The Hall–Kier alpha value is -2.31. The van der Waals surface area contributed by atoms with Crippen LogP contribution in [0.5, 0.6) is 0 Å². The van der Waals surface area contributed by atoms with Gasteiger partial charge in [0, 0.05) is 16.7 Å². The summed E-state index contributed by atoms with van der Waals surface area (Å²) in [6.07, 6.45) is 11.8. The van der Waals surface area contributed by atoms with Crippen molar-refractivity contribution in [2.45, 2.75) is 99.0 Å². The van der Waals surface area contributed by atoms with Crippen LogP contribution in [0.3, 0.4) is 0 Å². The normalized spacial score (nSPS) is 46.4. The fraction of sp³-hybridized carbons (Fsp3) is 0.742. The maximum absolute atomic E-state index is 14.3. The second kappa shape index (κ2) is 7.38. The van der Waals surface area contributed by atoms with Crippen LogP contribution in [0.15, 0.2) is 28.3 Å². The molecule has 0 spiro atoms. The maximum atomic E-state index is 14.3. The summed E-state index contributed by atoms with van der Waals surface area (Å²) in [6.45, 7) is 15.3. The summed E-state index contributed by atoms with van der Waals surface area (Å²) in [7, 11) is 0. The van der Waals surface area contributed by atoms with Crippen molar-refractivity contribution in [1.82, 2.24) is 0 Å². The van der Waals surface area contributed by atoms with Gasteiger partial charge in [-0.05, 0) is 79.1 Å². The van der Waals surface area contributed by atoms with Crippen LogP contribution >= 0.6 is 0 Å². The van der Waals surface area contributed by atoms with E-state index in [4.69, 9.17) is 0 Å². The first-order chi connectivity index (χ1) is 16.6. The van der Waals surface area contributed by atoms with Gasteiger partial charge in [0.25, 0.3) is 0 Å². The first-order valence-corrected chi connectivity index (χ1v) is 13.7. The Morgan fingerprint density at radius 3 is 2.28 bits per heavy atom. The SMILES string of the molecule is CC1(C)CC[C@]2(N=C=O)CC[C@]3(C)[C@@H](C(=O)C=C4[C@@]5(C)C=C(C#N)C(=O)C(C)(C)[C@@H]5CC[C@]43C)C2C1. The molecule has 0 aromatic heterocycles. The van der Waals surface area contributed by atoms with Crippen molar-refractivity contribution in [1.29, 1.82) is 5.26 Å². The highest BCUT2D eigenvalue weighted by Gasteiger charge is 2.70. The van der Waals surface area contributed by atoms with Crippen LogP contribution in [0, 0.1) is 56.2 Å². The van der Waals surface area contributed by atoms with Gasteiger partial charge in [-0.1, -0.05) is 60.1 Å². The minimum atomic E-state index is -0.661. The molecule has 0 aromatic carbocycles. The number of carbonyl (C=O) groups excluding carboxylic acids is 3. The van der Waals surface area contributed by atoms with Crippen LogP contribution in [0.4, 0.5) is 0 Å². The van der Waals surface area contributed by atoms with E-state index in [0.29, 0.717) is 0 Å². The highest BCUT2D eigenvalue weighted by atomic mass is 16.1. The lowest BCUT2D eigenvalue weighted by Gasteiger charge is -2.68. The van der Waals surface area contributed by atoms with Crippen LogP contribution in [0.1, 0.15) is 93.4 Å². The van der Waals surface area contributed by atoms with E-state index in [9.17, 15) is 19.6 Å². The van der Waals surface area contributed by atoms with E-state index in [0.717, 1.165) is 50.5 Å². The fourth-order valence-corrected chi connectivity index (χ4v) is 9.89. The summed E-state index contributed by atoms with van der Waals surface area (Å²) < 4.78 is 0. The number of fused-ring (bicyclic) bond motifs is 7. The van der Waals surface area contributed by atoms with Crippen LogP contribution < -0.4 is 0 Å². The van der Waals surface area contributed by atoms with Gasteiger partial charge in [0.2, 0.25) is 6.08 Å². The predicted octanol–water partition coefficient (Wildman–Crippen LogP) is 6.29. The Balaban J connectivity index is 1.71. The number of ketones is 2. The number of nitrogens with zero attached hydrogens (tertiary/aromatic N) is 2. The second-order valence-electron chi connectivity index (χ2n) is 14.6. The lowest BCUT2D eigenvalue weighted by Crippen LogP contribution is -2.66. The van der Waals surface area contributed by atoms with Crippen molar-refractivity contribution >= 4 is 17.6 Å². The maximum Gasteiger partial charge on any atom is 0.235 e. The summed E-state index contributed by atoms with van der Waals surface area (Å²) in [5, 5.41) is 9.84. The van der Waals surface area contributed by atoms with Gasteiger partial charge >= 0.3 is 0 Å². The third-order valence-electron chi connectivity index (χ3n) is 12.1. The van der Waals surface area contributed by atoms with Gasteiger partial charge in [0.15, 0.2) is 11.6 Å². The van der Waals surface area contributed by atoms with Gasteiger partial charge in [0.1, 0.15) is 6.07 Å². The Labute approximate surface area is 215 Å². The number of hydrogen-bond donors (Lipinski definition) is 0. The van der Waals surface area contributed by atoms with Crippen molar-refractivity contribution in [2.24, 2.45) is 49.8 Å². The molecule has 0 saturated heterocycles. The minimum Gasteiger partial charge on any atom is -0.295 e. The van der Waals surface area contributed by atoms with E-state index in [1.54, 1.807) is 0 Å². The Morgan fingerprint density at radius 1 is 0.972 bits per heavy atom. The number of Topliss-reactive ketones (excluding diaryl/α,β-unsaturated/α-hetero) is 1. The molecule has 5 aliphatic rings. The first kappa shape index (κ1) is 25.3. The molecule has 3 fully saturated rings. The summed E-state index contributed by atoms with van der Waals surface area (Å²) in [4.78, 5) is 43.5.